The van der Waals surface area contributed by atoms with E-state index in [1.165, 1.54) is 4.68 Å². The number of hydrogen-bond acceptors (Lipinski definition) is 4. The van der Waals surface area contributed by atoms with Crippen molar-refractivity contribution in [3.8, 4) is 0 Å². The molecule has 0 atom stereocenters. The molecule has 0 saturated heterocycles. The number of anilines is 1. The molecule has 0 fully saturated rings. The third-order valence-corrected chi connectivity index (χ3v) is 4.13. The molecule has 0 bridgehead atoms. The van der Waals surface area contributed by atoms with Crippen molar-refractivity contribution in [2.24, 2.45) is 0 Å². The first-order chi connectivity index (χ1) is 10.3. The molecule has 22 heavy (non-hydrogen) atoms. The Hall–Kier alpha value is -2.22. The number of halogens is 1. The van der Waals surface area contributed by atoms with Crippen LogP contribution >= 0.6 is 15.9 Å². The molecule has 0 saturated carbocycles. The summed E-state index contributed by atoms with van der Waals surface area (Å²) in [5, 5.41) is 17.7. The van der Waals surface area contributed by atoms with Gasteiger partial charge in [-0.2, -0.15) is 5.10 Å². The van der Waals surface area contributed by atoms with E-state index in [4.69, 9.17) is 0 Å². The van der Waals surface area contributed by atoms with Gasteiger partial charge in [-0.05, 0) is 38.5 Å². The third-order valence-electron chi connectivity index (χ3n) is 3.27. The minimum atomic E-state index is -0.483. The minimum Gasteiger partial charge on any atom is -0.324 e. The number of rotatable bonds is 4. The zero-order chi connectivity index (χ0) is 16.4. The van der Waals surface area contributed by atoms with Gasteiger partial charge in [0.05, 0.1) is 4.92 Å². The smallest absolute Gasteiger partial charge is 0.312 e. The van der Waals surface area contributed by atoms with Gasteiger partial charge in [0.25, 0.3) is 0 Å². The number of carbonyl (C=O) groups is 1. The number of hydrogen-bond donors (Lipinski definition) is 1. The zero-order valence-corrected chi connectivity index (χ0v) is 14.0. The maximum absolute atomic E-state index is 12.1. The first-order valence-corrected chi connectivity index (χ1v) is 7.33. The molecule has 1 N–H and O–H groups in total. The van der Waals surface area contributed by atoms with Gasteiger partial charge in [0.15, 0.2) is 0 Å². The predicted molar refractivity (Wildman–Crippen MR) is 85.9 cm³/mol. The number of carbonyl (C=O) groups excluding carboxylic acids is 1. The summed E-state index contributed by atoms with van der Waals surface area (Å²) < 4.78 is 2.23. The lowest BCUT2D eigenvalue weighted by atomic mass is 10.2. The molecule has 7 nitrogen and oxygen atoms in total. The highest BCUT2D eigenvalue weighted by Crippen LogP contribution is 2.22. The number of aryl methyl sites for hydroxylation is 2. The average molecular weight is 367 g/mol. The van der Waals surface area contributed by atoms with E-state index in [-0.39, 0.29) is 18.1 Å². The third kappa shape index (κ3) is 3.33. The number of aromatic nitrogens is 2. The van der Waals surface area contributed by atoms with Crippen molar-refractivity contribution in [1.82, 2.24) is 9.78 Å². The van der Waals surface area contributed by atoms with Crippen molar-refractivity contribution in [3.05, 3.63) is 49.7 Å². The SMILES string of the molecule is Cc1ccc(NC(=O)Cn2nc(C)c([N+](=O)[O-])c2C)cc1Br. The largest absolute Gasteiger partial charge is 0.324 e. The summed E-state index contributed by atoms with van der Waals surface area (Å²) in [6.45, 7) is 5.00. The molecule has 0 aliphatic heterocycles. The van der Waals surface area contributed by atoms with Crippen LogP contribution in [0.3, 0.4) is 0 Å². The van der Waals surface area contributed by atoms with Crippen LogP contribution in [0.1, 0.15) is 17.0 Å². The molecule has 2 aromatic rings. The van der Waals surface area contributed by atoms with Crippen LogP contribution in [0.4, 0.5) is 11.4 Å². The highest BCUT2D eigenvalue weighted by atomic mass is 79.9. The van der Waals surface area contributed by atoms with E-state index in [0.717, 1.165) is 10.0 Å². The Morgan fingerprint density at radius 3 is 2.64 bits per heavy atom. The van der Waals surface area contributed by atoms with Crippen LogP contribution in [-0.2, 0) is 11.3 Å². The molecule has 1 heterocycles. The molecule has 0 aliphatic rings. The van der Waals surface area contributed by atoms with Crippen molar-refractivity contribution in [3.63, 3.8) is 0 Å². The molecular weight excluding hydrogens is 352 g/mol. The molecule has 2 rings (SSSR count). The monoisotopic (exact) mass is 366 g/mol. The number of benzene rings is 1. The van der Waals surface area contributed by atoms with Gasteiger partial charge in [-0.15, -0.1) is 0 Å². The van der Waals surface area contributed by atoms with Crippen LogP contribution < -0.4 is 5.32 Å². The second-order valence-corrected chi connectivity index (χ2v) is 5.80. The quantitative estimate of drug-likeness (QED) is 0.664. The van der Waals surface area contributed by atoms with Gasteiger partial charge in [-0.25, -0.2) is 0 Å². The minimum absolute atomic E-state index is 0.0501. The summed E-state index contributed by atoms with van der Waals surface area (Å²) in [5.74, 6) is -0.295. The maximum atomic E-state index is 12.1. The van der Waals surface area contributed by atoms with Gasteiger partial charge in [0, 0.05) is 10.2 Å². The fraction of sp³-hybridized carbons (Fsp3) is 0.286. The van der Waals surface area contributed by atoms with Gasteiger partial charge in [-0.3, -0.25) is 19.6 Å². The molecule has 1 aromatic carbocycles. The van der Waals surface area contributed by atoms with E-state index in [0.29, 0.717) is 17.1 Å². The van der Waals surface area contributed by atoms with E-state index >= 15 is 0 Å². The Kier molecular flexibility index (Phi) is 4.60. The predicted octanol–water partition coefficient (Wildman–Crippen LogP) is 3.12. The molecule has 0 unspecified atom stereocenters. The zero-order valence-electron chi connectivity index (χ0n) is 12.4. The lowest BCUT2D eigenvalue weighted by molar-refractivity contribution is -0.386. The average Bonchev–Trinajstić information content (AvgIpc) is 2.68. The van der Waals surface area contributed by atoms with Gasteiger partial charge in [0.1, 0.15) is 17.9 Å². The maximum Gasteiger partial charge on any atom is 0.312 e. The standard InChI is InChI=1S/C14H15BrN4O3/c1-8-4-5-11(6-12(8)15)16-13(20)7-18-10(3)14(19(21)22)9(2)17-18/h4-6H,7H2,1-3H3,(H,16,20). The summed E-state index contributed by atoms with van der Waals surface area (Å²) >= 11 is 3.40. The number of amides is 1. The molecule has 0 radical (unpaired) electrons. The van der Waals surface area contributed by atoms with Crippen molar-refractivity contribution >= 4 is 33.2 Å². The van der Waals surface area contributed by atoms with E-state index in [1.54, 1.807) is 26.0 Å². The second-order valence-electron chi connectivity index (χ2n) is 4.95. The molecule has 0 spiro atoms. The Morgan fingerprint density at radius 1 is 1.41 bits per heavy atom. The topological polar surface area (TPSA) is 90.1 Å². The number of nitrogens with one attached hydrogen (secondary N) is 1. The fourth-order valence-corrected chi connectivity index (χ4v) is 2.49. The Bertz CT molecular complexity index is 755. The van der Waals surface area contributed by atoms with Crippen LogP contribution in [0.25, 0.3) is 0 Å². The Labute approximate surface area is 135 Å². The van der Waals surface area contributed by atoms with E-state index in [2.05, 4.69) is 26.3 Å². The second kappa shape index (κ2) is 6.27. The molecular formula is C14H15BrN4O3. The normalized spacial score (nSPS) is 10.5. The van der Waals surface area contributed by atoms with Gasteiger partial charge >= 0.3 is 5.69 Å². The fourth-order valence-electron chi connectivity index (χ4n) is 2.11. The summed E-state index contributed by atoms with van der Waals surface area (Å²) in [6, 6.07) is 5.48. The first kappa shape index (κ1) is 16.2. The van der Waals surface area contributed by atoms with E-state index < -0.39 is 4.92 Å². The first-order valence-electron chi connectivity index (χ1n) is 6.54. The highest BCUT2D eigenvalue weighted by molar-refractivity contribution is 9.10. The van der Waals surface area contributed by atoms with Crippen LogP contribution in [0.15, 0.2) is 22.7 Å². The van der Waals surface area contributed by atoms with Crippen molar-refractivity contribution in [2.75, 3.05) is 5.32 Å². The van der Waals surface area contributed by atoms with Gasteiger partial charge < -0.3 is 5.32 Å². The molecule has 0 aliphatic carbocycles. The van der Waals surface area contributed by atoms with Gasteiger partial charge in [-0.1, -0.05) is 22.0 Å². The van der Waals surface area contributed by atoms with Crippen molar-refractivity contribution < 1.29 is 9.72 Å². The van der Waals surface area contributed by atoms with Crippen molar-refractivity contribution in [2.45, 2.75) is 27.3 Å². The molecule has 8 heteroatoms. The van der Waals surface area contributed by atoms with E-state index in [1.807, 2.05) is 13.0 Å². The number of nitro groups is 1. The molecule has 1 aromatic heterocycles. The van der Waals surface area contributed by atoms with E-state index in [9.17, 15) is 14.9 Å². The summed E-state index contributed by atoms with van der Waals surface area (Å²) in [4.78, 5) is 22.5. The van der Waals surface area contributed by atoms with Crippen molar-refractivity contribution in [1.29, 1.82) is 0 Å². The molecule has 1 amide bonds. The summed E-state index contributed by atoms with van der Waals surface area (Å²) in [6.07, 6.45) is 0. The molecule has 116 valence electrons. The summed E-state index contributed by atoms with van der Waals surface area (Å²) in [7, 11) is 0. The van der Waals surface area contributed by atoms with Crippen LogP contribution in [0.5, 0.6) is 0 Å². The lowest BCUT2D eigenvalue weighted by Gasteiger charge is -2.08. The summed E-state index contributed by atoms with van der Waals surface area (Å²) in [5.41, 5.74) is 2.33. The van der Waals surface area contributed by atoms with Crippen LogP contribution in [0.2, 0.25) is 0 Å². The Morgan fingerprint density at radius 2 is 2.09 bits per heavy atom. The van der Waals surface area contributed by atoms with Gasteiger partial charge in [0.2, 0.25) is 5.91 Å². The van der Waals surface area contributed by atoms with Crippen LogP contribution in [-0.4, -0.2) is 20.6 Å². The number of nitrogens with zero attached hydrogens (tertiary/aromatic N) is 3. The lowest BCUT2D eigenvalue weighted by Crippen LogP contribution is -2.20. The Balaban J connectivity index is 2.14. The highest BCUT2D eigenvalue weighted by Gasteiger charge is 2.22. The van der Waals surface area contributed by atoms with Crippen LogP contribution in [0, 0.1) is 30.9 Å².